The number of hydrogen-bond acceptors (Lipinski definition) is 7. The quantitative estimate of drug-likeness (QED) is 0.425. The number of aryl methyl sites for hydroxylation is 1. The summed E-state index contributed by atoms with van der Waals surface area (Å²) in [5.41, 5.74) is -0.591. The van der Waals surface area contributed by atoms with Crippen LogP contribution in [0.4, 0.5) is 22.0 Å². The fraction of sp³-hybridized carbons (Fsp3) is 0.222. The predicted octanol–water partition coefficient (Wildman–Crippen LogP) is 4.38. The van der Waals surface area contributed by atoms with E-state index in [2.05, 4.69) is 25.0 Å². The molecule has 0 bridgehead atoms. The lowest BCUT2D eigenvalue weighted by molar-refractivity contribution is -0.142. The SMILES string of the molecule is COc1cc(-c2nnc(-c3cc4nc(C)cc(C(F)(F)F)n4n3)o2)ccc1OC(F)F. The maximum atomic E-state index is 13.3. The maximum absolute atomic E-state index is 13.3. The van der Waals surface area contributed by atoms with E-state index in [1.807, 2.05) is 0 Å². The van der Waals surface area contributed by atoms with Crippen LogP contribution in [0.3, 0.4) is 0 Å². The first-order valence-electron chi connectivity index (χ1n) is 8.57. The Morgan fingerprint density at radius 3 is 2.45 bits per heavy atom. The zero-order chi connectivity index (χ0) is 22.3. The van der Waals surface area contributed by atoms with Crippen LogP contribution in [-0.4, -0.2) is 38.5 Å². The van der Waals surface area contributed by atoms with Crippen LogP contribution in [0.5, 0.6) is 11.5 Å². The number of benzene rings is 1. The van der Waals surface area contributed by atoms with Crippen LogP contribution in [-0.2, 0) is 6.18 Å². The van der Waals surface area contributed by atoms with E-state index < -0.39 is 18.5 Å². The third-order valence-corrected chi connectivity index (χ3v) is 4.12. The van der Waals surface area contributed by atoms with Gasteiger partial charge in [0.05, 0.1) is 7.11 Å². The predicted molar refractivity (Wildman–Crippen MR) is 94.6 cm³/mol. The van der Waals surface area contributed by atoms with E-state index >= 15 is 0 Å². The minimum absolute atomic E-state index is 0.000209. The summed E-state index contributed by atoms with van der Waals surface area (Å²) in [5, 5.41) is 11.5. The summed E-state index contributed by atoms with van der Waals surface area (Å²) in [6.45, 7) is -1.61. The molecule has 0 aliphatic heterocycles. The summed E-state index contributed by atoms with van der Waals surface area (Å²) in [4.78, 5) is 4.04. The number of rotatable bonds is 5. The lowest BCUT2D eigenvalue weighted by Gasteiger charge is -2.10. The van der Waals surface area contributed by atoms with E-state index in [0.29, 0.717) is 10.1 Å². The van der Waals surface area contributed by atoms with Crippen LogP contribution < -0.4 is 9.47 Å². The van der Waals surface area contributed by atoms with Crippen molar-refractivity contribution in [3.05, 3.63) is 41.7 Å². The third-order valence-electron chi connectivity index (χ3n) is 4.12. The first-order valence-corrected chi connectivity index (χ1v) is 8.57. The molecule has 162 valence electrons. The third kappa shape index (κ3) is 3.98. The molecule has 31 heavy (non-hydrogen) atoms. The molecule has 8 nitrogen and oxygen atoms in total. The van der Waals surface area contributed by atoms with E-state index in [4.69, 9.17) is 9.15 Å². The van der Waals surface area contributed by atoms with E-state index in [9.17, 15) is 22.0 Å². The molecule has 0 fully saturated rings. The summed E-state index contributed by atoms with van der Waals surface area (Å²) >= 11 is 0. The zero-order valence-corrected chi connectivity index (χ0v) is 15.8. The van der Waals surface area contributed by atoms with Crippen LogP contribution >= 0.6 is 0 Å². The maximum Gasteiger partial charge on any atom is 0.433 e. The number of methoxy groups -OCH3 is 1. The van der Waals surface area contributed by atoms with Crippen LogP contribution in [0.1, 0.15) is 11.4 Å². The topological polar surface area (TPSA) is 87.6 Å². The van der Waals surface area contributed by atoms with Crippen molar-refractivity contribution in [2.45, 2.75) is 19.7 Å². The van der Waals surface area contributed by atoms with Crippen molar-refractivity contribution >= 4 is 5.65 Å². The molecule has 0 amide bonds. The summed E-state index contributed by atoms with van der Waals surface area (Å²) in [5.74, 6) is -0.380. The zero-order valence-electron chi connectivity index (χ0n) is 15.8. The second kappa shape index (κ2) is 7.49. The van der Waals surface area contributed by atoms with Crippen molar-refractivity contribution in [1.29, 1.82) is 0 Å². The van der Waals surface area contributed by atoms with Gasteiger partial charge in [0.15, 0.2) is 22.8 Å². The Bertz CT molecular complexity index is 1250. The van der Waals surface area contributed by atoms with Crippen LogP contribution in [0.25, 0.3) is 28.7 Å². The molecule has 0 radical (unpaired) electrons. The molecule has 4 rings (SSSR count). The van der Waals surface area contributed by atoms with Crippen LogP contribution in [0.15, 0.2) is 34.7 Å². The van der Waals surface area contributed by atoms with Gasteiger partial charge < -0.3 is 13.9 Å². The van der Waals surface area contributed by atoms with Gasteiger partial charge in [0, 0.05) is 17.3 Å². The number of fused-ring (bicyclic) bond motifs is 1. The van der Waals surface area contributed by atoms with Gasteiger partial charge in [0.25, 0.3) is 5.89 Å². The van der Waals surface area contributed by atoms with Gasteiger partial charge in [-0.15, -0.1) is 10.2 Å². The minimum Gasteiger partial charge on any atom is -0.493 e. The Morgan fingerprint density at radius 1 is 1.03 bits per heavy atom. The van der Waals surface area contributed by atoms with Crippen LogP contribution in [0, 0.1) is 6.92 Å². The van der Waals surface area contributed by atoms with Crippen molar-refractivity contribution in [3.63, 3.8) is 0 Å². The Hall–Kier alpha value is -3.77. The highest BCUT2D eigenvalue weighted by Crippen LogP contribution is 2.34. The molecule has 13 heteroatoms. The molecule has 0 saturated carbocycles. The Balaban J connectivity index is 1.72. The fourth-order valence-corrected chi connectivity index (χ4v) is 2.84. The van der Waals surface area contributed by atoms with Gasteiger partial charge in [-0.3, -0.25) is 0 Å². The number of aromatic nitrogens is 5. The molecule has 1 aromatic carbocycles. The Morgan fingerprint density at radius 2 is 1.77 bits per heavy atom. The molecule has 0 spiro atoms. The number of nitrogens with zero attached hydrogens (tertiary/aromatic N) is 5. The molecule has 0 N–H and O–H groups in total. The van der Waals surface area contributed by atoms with Gasteiger partial charge >= 0.3 is 12.8 Å². The van der Waals surface area contributed by atoms with E-state index in [1.165, 1.54) is 38.3 Å². The average molecular weight is 441 g/mol. The van der Waals surface area contributed by atoms with Gasteiger partial charge in [-0.25, -0.2) is 9.50 Å². The lowest BCUT2D eigenvalue weighted by Crippen LogP contribution is -2.13. The molecule has 3 heterocycles. The Labute approximate surface area is 170 Å². The van der Waals surface area contributed by atoms with Crippen molar-refractivity contribution in [1.82, 2.24) is 24.8 Å². The summed E-state index contributed by atoms with van der Waals surface area (Å²) in [6.07, 6.45) is -4.65. The molecule has 0 unspecified atom stereocenters. The number of alkyl halides is 5. The lowest BCUT2D eigenvalue weighted by atomic mass is 10.2. The highest BCUT2D eigenvalue weighted by Gasteiger charge is 2.35. The molecule has 0 aliphatic carbocycles. The highest BCUT2D eigenvalue weighted by atomic mass is 19.4. The normalized spacial score (nSPS) is 12.0. The molecule has 0 atom stereocenters. The summed E-state index contributed by atoms with van der Waals surface area (Å²) in [6, 6.07) is 6.11. The summed E-state index contributed by atoms with van der Waals surface area (Å²) < 4.78 is 80.4. The second-order valence-corrected chi connectivity index (χ2v) is 6.24. The van der Waals surface area contributed by atoms with Crippen molar-refractivity contribution in [2.75, 3.05) is 7.11 Å². The van der Waals surface area contributed by atoms with E-state index in [0.717, 1.165) is 6.07 Å². The molecular formula is C18H12F5N5O3. The molecule has 0 aliphatic rings. The standard InChI is InChI=1S/C18H12F5N5O3/c1-8-5-13(18(21,22)23)28-14(24-8)7-10(27-28)16-26-25-15(31-16)9-3-4-11(30-17(19)20)12(6-9)29-2/h3-7,17H,1-2H3. The minimum atomic E-state index is -4.65. The number of ether oxygens (including phenoxy) is 2. The second-order valence-electron chi connectivity index (χ2n) is 6.24. The first-order chi connectivity index (χ1) is 14.7. The fourth-order valence-electron chi connectivity index (χ4n) is 2.84. The van der Waals surface area contributed by atoms with Gasteiger partial charge in [0.2, 0.25) is 5.89 Å². The molecule has 4 aromatic rings. The Kier molecular flexibility index (Phi) is 4.95. The first kappa shape index (κ1) is 20.5. The van der Waals surface area contributed by atoms with E-state index in [-0.39, 0.29) is 40.3 Å². The van der Waals surface area contributed by atoms with Crippen molar-refractivity contribution < 1.29 is 35.8 Å². The largest absolute Gasteiger partial charge is 0.493 e. The highest BCUT2D eigenvalue weighted by molar-refractivity contribution is 5.62. The number of hydrogen-bond donors (Lipinski definition) is 0. The van der Waals surface area contributed by atoms with Crippen LogP contribution in [0.2, 0.25) is 0 Å². The molecule has 3 aromatic heterocycles. The van der Waals surface area contributed by atoms with Crippen molar-refractivity contribution in [2.24, 2.45) is 0 Å². The monoisotopic (exact) mass is 441 g/mol. The van der Waals surface area contributed by atoms with Gasteiger partial charge in [-0.1, -0.05) is 0 Å². The van der Waals surface area contributed by atoms with E-state index in [1.54, 1.807) is 0 Å². The van der Waals surface area contributed by atoms with Gasteiger partial charge in [-0.05, 0) is 31.2 Å². The smallest absolute Gasteiger partial charge is 0.433 e. The summed E-state index contributed by atoms with van der Waals surface area (Å²) in [7, 11) is 1.26. The average Bonchev–Trinajstić information content (AvgIpc) is 3.33. The molecule has 0 saturated heterocycles. The van der Waals surface area contributed by atoms with Gasteiger partial charge in [0.1, 0.15) is 5.69 Å². The number of halogens is 5. The van der Waals surface area contributed by atoms with Crippen molar-refractivity contribution in [3.8, 4) is 34.5 Å². The van der Waals surface area contributed by atoms with Gasteiger partial charge in [-0.2, -0.15) is 27.1 Å². The molecular weight excluding hydrogens is 429 g/mol.